The van der Waals surface area contributed by atoms with Crippen LogP contribution in [0, 0.1) is 0 Å². The number of phosphoric ester groups is 1. The third-order valence-corrected chi connectivity index (χ3v) is 16.9. The van der Waals surface area contributed by atoms with Crippen molar-refractivity contribution in [1.82, 2.24) is 0 Å². The maximum absolute atomic E-state index is 12.8. The minimum Gasteiger partial charge on any atom is -0.462 e. The van der Waals surface area contributed by atoms with Gasteiger partial charge in [0, 0.05) is 19.4 Å². The predicted octanol–water partition coefficient (Wildman–Crippen LogP) is 24.3. The summed E-state index contributed by atoms with van der Waals surface area (Å²) < 4.78 is 33.2. The summed E-state index contributed by atoms with van der Waals surface area (Å²) in [6.07, 6.45) is 98.0. The van der Waals surface area contributed by atoms with Gasteiger partial charge in [0.25, 0.3) is 0 Å². The summed E-state index contributed by atoms with van der Waals surface area (Å²) in [5, 5.41) is 0. The zero-order valence-corrected chi connectivity index (χ0v) is 57.6. The first kappa shape index (κ1) is 83.9. The van der Waals surface area contributed by atoms with Crippen LogP contribution in [-0.4, -0.2) is 49.3 Å². The summed E-state index contributed by atoms with van der Waals surface area (Å²) in [6.45, 7) is 3.66. The van der Waals surface area contributed by atoms with E-state index in [4.69, 9.17) is 24.3 Å². The molecule has 0 aromatic carbocycles. The molecule has 0 radical (unpaired) electrons. The van der Waals surface area contributed by atoms with Crippen LogP contribution in [0.5, 0.6) is 0 Å². The summed E-state index contributed by atoms with van der Waals surface area (Å²) in [6, 6.07) is 0. The number of hydrogen-bond donors (Lipinski definition) is 2. The second-order valence-electron chi connectivity index (χ2n) is 24.4. The molecule has 2 atom stereocenters. The van der Waals surface area contributed by atoms with Crippen LogP contribution in [0.2, 0.25) is 0 Å². The molecule has 10 heteroatoms. The smallest absolute Gasteiger partial charge is 0.462 e. The maximum atomic E-state index is 12.8. The van der Waals surface area contributed by atoms with E-state index < -0.39 is 26.5 Å². The summed E-state index contributed by atoms with van der Waals surface area (Å²) in [5.74, 6) is -0.820. The third-order valence-electron chi connectivity index (χ3n) is 16.0. The molecule has 0 aromatic heterocycles. The van der Waals surface area contributed by atoms with E-state index in [-0.39, 0.29) is 38.6 Å². The summed E-state index contributed by atoms with van der Waals surface area (Å²) in [7, 11) is -4.40. The monoisotopic (exact) mass is 1240 g/mol. The van der Waals surface area contributed by atoms with Crippen molar-refractivity contribution in [3.8, 4) is 0 Å². The Morgan fingerprint density at radius 2 is 0.632 bits per heavy atom. The van der Waals surface area contributed by atoms with Gasteiger partial charge in [0.1, 0.15) is 6.61 Å². The fraction of sp³-hybridized carbons (Fsp3) is 0.766. The van der Waals surface area contributed by atoms with E-state index in [1.165, 1.54) is 225 Å². The summed E-state index contributed by atoms with van der Waals surface area (Å²) in [5.41, 5.74) is 5.40. The van der Waals surface area contributed by atoms with Crippen LogP contribution in [0.4, 0.5) is 0 Å². The van der Waals surface area contributed by atoms with E-state index in [0.717, 1.165) is 89.9 Å². The molecule has 9 nitrogen and oxygen atoms in total. The van der Waals surface area contributed by atoms with Crippen molar-refractivity contribution in [2.75, 3.05) is 26.4 Å². The Bertz CT molecular complexity index is 1750. The Labute approximate surface area is 537 Å². The first-order valence-corrected chi connectivity index (χ1v) is 38.2. The molecule has 0 bridgehead atoms. The van der Waals surface area contributed by atoms with E-state index in [1.807, 2.05) is 0 Å². The van der Waals surface area contributed by atoms with Gasteiger partial charge in [-0.05, 0) is 96.3 Å². The van der Waals surface area contributed by atoms with Gasteiger partial charge in [-0.3, -0.25) is 18.6 Å². The molecule has 0 amide bonds. The van der Waals surface area contributed by atoms with E-state index in [2.05, 4.69) is 111 Å². The Morgan fingerprint density at radius 3 is 0.943 bits per heavy atom. The predicted molar refractivity (Wildman–Crippen MR) is 376 cm³/mol. The van der Waals surface area contributed by atoms with Crippen LogP contribution in [0.15, 0.2) is 97.2 Å². The maximum Gasteiger partial charge on any atom is 0.472 e. The van der Waals surface area contributed by atoms with Gasteiger partial charge in [0.15, 0.2) is 6.10 Å². The molecule has 0 rings (SSSR count). The molecular formula is C77H138NO8P. The lowest BCUT2D eigenvalue weighted by molar-refractivity contribution is -0.161. The Hall–Kier alpha value is -3.07. The number of ether oxygens (including phenoxy) is 2. The Balaban J connectivity index is 3.81. The first-order valence-electron chi connectivity index (χ1n) is 36.7. The van der Waals surface area contributed by atoms with Crippen molar-refractivity contribution in [2.45, 2.75) is 354 Å². The second-order valence-corrected chi connectivity index (χ2v) is 25.9. The van der Waals surface area contributed by atoms with Crippen LogP contribution in [-0.2, 0) is 32.7 Å². The Morgan fingerprint density at radius 1 is 0.356 bits per heavy atom. The number of nitrogens with two attached hydrogens (primary N) is 1. The van der Waals surface area contributed by atoms with Crippen LogP contribution in [0.25, 0.3) is 0 Å². The average molecular weight is 1240 g/mol. The second kappa shape index (κ2) is 72.0. The lowest BCUT2D eigenvalue weighted by Gasteiger charge is -2.19. The minimum atomic E-state index is -4.40. The van der Waals surface area contributed by atoms with E-state index in [1.54, 1.807) is 0 Å². The highest BCUT2D eigenvalue weighted by molar-refractivity contribution is 7.47. The summed E-state index contributed by atoms with van der Waals surface area (Å²) in [4.78, 5) is 35.4. The van der Waals surface area contributed by atoms with Crippen LogP contribution < -0.4 is 5.73 Å². The van der Waals surface area contributed by atoms with Crippen LogP contribution in [0.3, 0.4) is 0 Å². The number of carbonyl (C=O) groups excluding carboxylic acids is 2. The van der Waals surface area contributed by atoms with Gasteiger partial charge in [-0.1, -0.05) is 336 Å². The van der Waals surface area contributed by atoms with Gasteiger partial charge in [0.2, 0.25) is 0 Å². The molecule has 0 heterocycles. The lowest BCUT2D eigenvalue weighted by Crippen LogP contribution is -2.29. The Kier molecular flexibility index (Phi) is 69.5. The molecule has 0 aromatic rings. The number of rotatable bonds is 69. The van der Waals surface area contributed by atoms with E-state index in [9.17, 15) is 19.0 Å². The zero-order valence-electron chi connectivity index (χ0n) is 56.7. The van der Waals surface area contributed by atoms with Crippen LogP contribution >= 0.6 is 7.82 Å². The third kappa shape index (κ3) is 71.9. The molecule has 2 unspecified atom stereocenters. The van der Waals surface area contributed by atoms with E-state index >= 15 is 0 Å². The molecule has 0 fully saturated rings. The topological polar surface area (TPSA) is 134 Å². The standard InChI is InChI=1S/C77H138NO8P/c1-3-5-7-9-11-13-15-17-19-21-23-25-27-29-31-32-33-34-35-36-37-38-39-40-41-42-44-45-47-49-51-53-55-57-59-61-63-65-67-69-76(79)83-73-75(74-85-87(81,82)84-72-71-78)86-77(80)70-68-66-64-62-60-58-56-54-52-50-48-46-43-30-28-26-24-22-20-18-16-14-12-10-8-6-4-2/h6,8,12,14-15,17-18,20-21,23-24,26-27,29-30,43,75H,3-5,7,9-11,13,16,19,22,25,28,31-42,44-74,78H2,1-2H3,(H,81,82)/b8-6-,14-12-,17-15-,20-18-,23-21-,26-24-,29-27-,43-30-. The van der Waals surface area contributed by atoms with Gasteiger partial charge >= 0.3 is 19.8 Å². The zero-order chi connectivity index (χ0) is 63.0. The normalized spacial score (nSPS) is 13.5. The lowest BCUT2D eigenvalue weighted by atomic mass is 10.0. The highest BCUT2D eigenvalue weighted by atomic mass is 31.2. The largest absolute Gasteiger partial charge is 0.472 e. The SMILES string of the molecule is CC/C=C\C/C=C\C/C=C\C/C=C\C/C=C\CCCCCCCCCCCCCC(=O)OC(COC(=O)CCCCCCCCCCCCCCCCCCCCCCCCCC/C=C\C/C=C\C/C=C\CCCCCCC)COP(=O)(O)OCCN. The minimum absolute atomic E-state index is 0.0509. The number of esters is 2. The average Bonchev–Trinajstić information content (AvgIpc) is 3.62. The molecule has 0 aliphatic rings. The highest BCUT2D eigenvalue weighted by Gasteiger charge is 2.26. The molecule has 87 heavy (non-hydrogen) atoms. The fourth-order valence-corrected chi connectivity index (χ4v) is 11.3. The van der Waals surface area contributed by atoms with Gasteiger partial charge in [-0.2, -0.15) is 0 Å². The molecule has 0 saturated heterocycles. The number of carbonyl (C=O) groups is 2. The van der Waals surface area contributed by atoms with Crippen molar-refractivity contribution in [2.24, 2.45) is 5.73 Å². The quantitative estimate of drug-likeness (QED) is 0.0264. The van der Waals surface area contributed by atoms with Crippen molar-refractivity contribution in [3.63, 3.8) is 0 Å². The van der Waals surface area contributed by atoms with Gasteiger partial charge < -0.3 is 20.1 Å². The van der Waals surface area contributed by atoms with Gasteiger partial charge in [-0.25, -0.2) is 4.57 Å². The van der Waals surface area contributed by atoms with E-state index in [0.29, 0.717) is 6.42 Å². The first-order chi connectivity index (χ1) is 42.8. The van der Waals surface area contributed by atoms with Crippen molar-refractivity contribution in [1.29, 1.82) is 0 Å². The van der Waals surface area contributed by atoms with Gasteiger partial charge in [-0.15, -0.1) is 0 Å². The number of allylic oxidation sites excluding steroid dienone is 16. The van der Waals surface area contributed by atoms with Crippen molar-refractivity contribution in [3.05, 3.63) is 97.2 Å². The number of phosphoric acid groups is 1. The van der Waals surface area contributed by atoms with Crippen molar-refractivity contribution < 1.29 is 37.6 Å². The fourth-order valence-electron chi connectivity index (χ4n) is 10.6. The summed E-state index contributed by atoms with van der Waals surface area (Å²) >= 11 is 0. The molecule has 0 aliphatic carbocycles. The molecule has 3 N–H and O–H groups in total. The molecule has 0 aliphatic heterocycles. The van der Waals surface area contributed by atoms with Crippen LogP contribution in [0.1, 0.15) is 348 Å². The molecule has 0 saturated carbocycles. The molecular weight excluding hydrogens is 1100 g/mol. The number of unbranched alkanes of at least 4 members (excludes halogenated alkanes) is 40. The van der Waals surface area contributed by atoms with Crippen molar-refractivity contribution >= 4 is 19.8 Å². The molecule has 0 spiro atoms. The highest BCUT2D eigenvalue weighted by Crippen LogP contribution is 2.43. The van der Waals surface area contributed by atoms with Gasteiger partial charge in [0.05, 0.1) is 13.2 Å². The molecule has 504 valence electrons. The number of hydrogen-bond acceptors (Lipinski definition) is 8.